The Morgan fingerprint density at radius 3 is 2.82 bits per heavy atom. The number of pyridine rings is 1. The molecule has 0 aliphatic heterocycles. The molecule has 0 bridgehead atoms. The summed E-state index contributed by atoms with van der Waals surface area (Å²) in [4.78, 5) is 8.88. The van der Waals surface area contributed by atoms with Crippen LogP contribution in [0.3, 0.4) is 0 Å². The van der Waals surface area contributed by atoms with Crippen LogP contribution in [0, 0.1) is 0 Å². The summed E-state index contributed by atoms with van der Waals surface area (Å²) in [5.41, 5.74) is 2.77. The highest BCUT2D eigenvalue weighted by molar-refractivity contribution is 6.30. The van der Waals surface area contributed by atoms with E-state index in [4.69, 9.17) is 11.6 Å². The van der Waals surface area contributed by atoms with Crippen molar-refractivity contribution in [3.05, 3.63) is 47.6 Å². The van der Waals surface area contributed by atoms with Crippen LogP contribution in [0.5, 0.6) is 0 Å². The molecule has 0 fully saturated rings. The summed E-state index contributed by atoms with van der Waals surface area (Å²) < 4.78 is 1.97. The third kappa shape index (κ3) is 1.68. The standard InChI is InChI=1S/C13H10ClN3/c1-17-12(9-4-2-5-10(14)8-9)16-11-6-3-7-15-13(11)17/h2-8H,1H3. The van der Waals surface area contributed by atoms with Crippen LogP contribution in [0.4, 0.5) is 0 Å². The number of nitrogens with zero attached hydrogens (tertiary/aromatic N) is 3. The fraction of sp³-hybridized carbons (Fsp3) is 0.0769. The number of aromatic nitrogens is 3. The van der Waals surface area contributed by atoms with Gasteiger partial charge in [-0.25, -0.2) is 9.97 Å². The zero-order chi connectivity index (χ0) is 11.8. The van der Waals surface area contributed by atoms with Crippen molar-refractivity contribution < 1.29 is 0 Å². The van der Waals surface area contributed by atoms with Gasteiger partial charge in [-0.3, -0.25) is 0 Å². The van der Waals surface area contributed by atoms with Gasteiger partial charge < -0.3 is 4.57 Å². The lowest BCUT2D eigenvalue weighted by Gasteiger charge is -2.01. The molecule has 0 unspecified atom stereocenters. The number of imidazole rings is 1. The monoisotopic (exact) mass is 243 g/mol. The maximum Gasteiger partial charge on any atom is 0.159 e. The van der Waals surface area contributed by atoms with Crippen molar-refractivity contribution in [2.24, 2.45) is 7.05 Å². The van der Waals surface area contributed by atoms with Crippen molar-refractivity contribution in [2.75, 3.05) is 0 Å². The van der Waals surface area contributed by atoms with Gasteiger partial charge >= 0.3 is 0 Å². The van der Waals surface area contributed by atoms with Gasteiger partial charge in [0, 0.05) is 23.8 Å². The Kier molecular flexibility index (Phi) is 2.34. The zero-order valence-corrected chi connectivity index (χ0v) is 10.0. The number of halogens is 1. The van der Waals surface area contributed by atoms with E-state index in [1.54, 1.807) is 6.20 Å². The molecule has 0 N–H and O–H groups in total. The molecule has 0 amide bonds. The van der Waals surface area contributed by atoms with Crippen LogP contribution in [0.1, 0.15) is 0 Å². The average molecular weight is 244 g/mol. The Morgan fingerprint density at radius 2 is 2.06 bits per heavy atom. The molecular formula is C13H10ClN3. The molecule has 1 aromatic carbocycles. The summed E-state index contributed by atoms with van der Waals surface area (Å²) >= 11 is 5.99. The highest BCUT2D eigenvalue weighted by Gasteiger charge is 2.10. The quantitative estimate of drug-likeness (QED) is 0.657. The van der Waals surface area contributed by atoms with E-state index in [-0.39, 0.29) is 0 Å². The second-order valence-electron chi connectivity index (χ2n) is 3.85. The molecule has 0 saturated carbocycles. The van der Waals surface area contributed by atoms with Gasteiger partial charge in [-0.1, -0.05) is 23.7 Å². The number of rotatable bonds is 1. The minimum atomic E-state index is 0.711. The van der Waals surface area contributed by atoms with E-state index in [0.29, 0.717) is 5.02 Å². The van der Waals surface area contributed by atoms with Gasteiger partial charge in [0.05, 0.1) is 0 Å². The number of fused-ring (bicyclic) bond motifs is 1. The van der Waals surface area contributed by atoms with Crippen molar-refractivity contribution in [3.63, 3.8) is 0 Å². The third-order valence-electron chi connectivity index (χ3n) is 2.71. The maximum absolute atomic E-state index is 5.99. The van der Waals surface area contributed by atoms with Gasteiger partial charge in [-0.05, 0) is 24.3 Å². The van der Waals surface area contributed by atoms with Gasteiger partial charge in [0.2, 0.25) is 0 Å². The summed E-state index contributed by atoms with van der Waals surface area (Å²) in [6.45, 7) is 0. The largest absolute Gasteiger partial charge is 0.312 e. The molecule has 3 aromatic rings. The number of hydrogen-bond donors (Lipinski definition) is 0. The first-order valence-electron chi connectivity index (χ1n) is 5.29. The molecule has 0 spiro atoms. The van der Waals surface area contributed by atoms with Crippen molar-refractivity contribution in [2.45, 2.75) is 0 Å². The first-order chi connectivity index (χ1) is 8.25. The first kappa shape index (κ1) is 10.3. The lowest BCUT2D eigenvalue weighted by atomic mass is 10.2. The lowest BCUT2D eigenvalue weighted by molar-refractivity contribution is 0.942. The summed E-state index contributed by atoms with van der Waals surface area (Å²) in [5.74, 6) is 0.876. The highest BCUT2D eigenvalue weighted by atomic mass is 35.5. The summed E-state index contributed by atoms with van der Waals surface area (Å²) in [5, 5.41) is 0.711. The van der Waals surface area contributed by atoms with Gasteiger partial charge in [0.15, 0.2) is 5.65 Å². The smallest absolute Gasteiger partial charge is 0.159 e. The fourth-order valence-electron chi connectivity index (χ4n) is 1.91. The predicted octanol–water partition coefficient (Wildman–Crippen LogP) is 3.29. The average Bonchev–Trinajstić information content (AvgIpc) is 2.68. The molecule has 4 heteroatoms. The summed E-state index contributed by atoms with van der Waals surface area (Å²) in [6, 6.07) is 11.5. The Balaban J connectivity index is 2.27. The molecule has 0 saturated heterocycles. The van der Waals surface area contributed by atoms with Crippen molar-refractivity contribution in [1.82, 2.24) is 14.5 Å². The van der Waals surface area contributed by atoms with Crippen molar-refractivity contribution >= 4 is 22.8 Å². The molecule has 2 aromatic heterocycles. The SMILES string of the molecule is Cn1c(-c2cccc(Cl)c2)nc2cccnc21. The fourth-order valence-corrected chi connectivity index (χ4v) is 2.10. The van der Waals surface area contributed by atoms with Crippen LogP contribution in [0.15, 0.2) is 42.6 Å². The number of hydrogen-bond acceptors (Lipinski definition) is 2. The van der Waals surface area contributed by atoms with E-state index in [9.17, 15) is 0 Å². The predicted molar refractivity (Wildman–Crippen MR) is 69.0 cm³/mol. The first-order valence-corrected chi connectivity index (χ1v) is 5.67. The van der Waals surface area contributed by atoms with E-state index in [0.717, 1.165) is 22.6 Å². The minimum Gasteiger partial charge on any atom is -0.312 e. The molecule has 0 atom stereocenters. The topological polar surface area (TPSA) is 30.7 Å². The van der Waals surface area contributed by atoms with Crippen LogP contribution >= 0.6 is 11.6 Å². The molecule has 3 rings (SSSR count). The molecule has 3 nitrogen and oxygen atoms in total. The van der Waals surface area contributed by atoms with Gasteiger partial charge in [-0.15, -0.1) is 0 Å². The Bertz CT molecular complexity index is 688. The van der Waals surface area contributed by atoms with Crippen LogP contribution in [-0.4, -0.2) is 14.5 Å². The Hall–Kier alpha value is -1.87. The summed E-state index contributed by atoms with van der Waals surface area (Å²) in [6.07, 6.45) is 1.77. The lowest BCUT2D eigenvalue weighted by Crippen LogP contribution is -1.93. The summed E-state index contributed by atoms with van der Waals surface area (Å²) in [7, 11) is 1.96. The van der Waals surface area contributed by atoms with Crippen molar-refractivity contribution in [3.8, 4) is 11.4 Å². The van der Waals surface area contributed by atoms with E-state index in [1.165, 1.54) is 0 Å². The second kappa shape index (κ2) is 3.86. The molecule has 0 aliphatic carbocycles. The zero-order valence-electron chi connectivity index (χ0n) is 9.26. The third-order valence-corrected chi connectivity index (χ3v) is 2.95. The molecule has 84 valence electrons. The maximum atomic E-state index is 5.99. The molecule has 2 heterocycles. The molecule has 0 radical (unpaired) electrons. The van der Waals surface area contributed by atoms with Gasteiger partial charge in [0.1, 0.15) is 11.3 Å². The number of benzene rings is 1. The van der Waals surface area contributed by atoms with Crippen LogP contribution in [0.25, 0.3) is 22.6 Å². The van der Waals surface area contributed by atoms with Gasteiger partial charge in [0.25, 0.3) is 0 Å². The molecule has 17 heavy (non-hydrogen) atoms. The van der Waals surface area contributed by atoms with E-state index >= 15 is 0 Å². The van der Waals surface area contributed by atoms with Crippen molar-refractivity contribution in [1.29, 1.82) is 0 Å². The van der Waals surface area contributed by atoms with E-state index in [2.05, 4.69) is 9.97 Å². The normalized spacial score (nSPS) is 10.9. The molecular weight excluding hydrogens is 234 g/mol. The Labute approximate surface area is 104 Å². The highest BCUT2D eigenvalue weighted by Crippen LogP contribution is 2.24. The molecule has 0 aliphatic rings. The van der Waals surface area contributed by atoms with E-state index < -0.39 is 0 Å². The minimum absolute atomic E-state index is 0.711. The van der Waals surface area contributed by atoms with E-state index in [1.807, 2.05) is 48.0 Å². The van der Waals surface area contributed by atoms with Gasteiger partial charge in [-0.2, -0.15) is 0 Å². The second-order valence-corrected chi connectivity index (χ2v) is 4.29. The van der Waals surface area contributed by atoms with Crippen LogP contribution < -0.4 is 0 Å². The van der Waals surface area contributed by atoms with Crippen LogP contribution in [-0.2, 0) is 7.05 Å². The number of aryl methyl sites for hydroxylation is 1. The Morgan fingerprint density at radius 1 is 1.18 bits per heavy atom. The van der Waals surface area contributed by atoms with Crippen LogP contribution in [0.2, 0.25) is 5.02 Å².